The van der Waals surface area contributed by atoms with Gasteiger partial charge in [0, 0.05) is 28.9 Å². The van der Waals surface area contributed by atoms with Crippen molar-refractivity contribution in [2.45, 2.75) is 6.54 Å². The Balaban J connectivity index is 1.53. The van der Waals surface area contributed by atoms with Gasteiger partial charge in [0.25, 0.3) is 11.6 Å². The molecule has 3 N–H and O–H groups in total. The molecule has 1 fully saturated rings. The van der Waals surface area contributed by atoms with Gasteiger partial charge in [-0.1, -0.05) is 18.2 Å². The number of amides is 1. The van der Waals surface area contributed by atoms with Crippen molar-refractivity contribution in [3.63, 3.8) is 0 Å². The van der Waals surface area contributed by atoms with Crippen molar-refractivity contribution in [3.8, 4) is 0 Å². The Morgan fingerprint density at radius 3 is 2.57 bits per heavy atom. The molecule has 0 bridgehead atoms. The zero-order valence-electron chi connectivity index (χ0n) is 15.1. The van der Waals surface area contributed by atoms with Crippen molar-refractivity contribution in [2.24, 2.45) is 0 Å². The van der Waals surface area contributed by atoms with Crippen LogP contribution in [0.25, 0.3) is 0 Å². The molecule has 3 rings (SSSR count). The van der Waals surface area contributed by atoms with Crippen LogP contribution in [-0.4, -0.2) is 42.2 Å². The first-order valence-corrected chi connectivity index (χ1v) is 9.29. The lowest BCUT2D eigenvalue weighted by molar-refractivity contribution is -0.921. The summed E-state index contributed by atoms with van der Waals surface area (Å²) in [6.45, 7) is 4.56. The third-order valence-corrected chi connectivity index (χ3v) is 4.62. The van der Waals surface area contributed by atoms with Crippen LogP contribution in [0, 0.1) is 10.1 Å². The summed E-state index contributed by atoms with van der Waals surface area (Å²) in [6.07, 6.45) is 0. The first-order chi connectivity index (χ1) is 13.5. The molecule has 1 aliphatic heterocycles. The van der Waals surface area contributed by atoms with Crippen LogP contribution in [0.3, 0.4) is 0 Å². The molecule has 0 saturated carbocycles. The molecule has 0 unspecified atom stereocenters. The number of nitro groups is 1. The van der Waals surface area contributed by atoms with Gasteiger partial charge in [0.2, 0.25) is 0 Å². The normalized spacial score (nSPS) is 14.3. The number of hydrogen-bond donors (Lipinski definition) is 3. The molecule has 2 aromatic carbocycles. The van der Waals surface area contributed by atoms with E-state index in [0.29, 0.717) is 0 Å². The number of benzene rings is 2. The Labute approximate surface area is 167 Å². The van der Waals surface area contributed by atoms with E-state index in [0.717, 1.165) is 38.5 Å². The number of thiocarbonyl (C=S) groups is 1. The fourth-order valence-corrected chi connectivity index (χ4v) is 3.14. The van der Waals surface area contributed by atoms with Gasteiger partial charge in [-0.05, 0) is 30.4 Å². The van der Waals surface area contributed by atoms with Gasteiger partial charge in [-0.3, -0.25) is 20.2 Å². The predicted octanol–water partition coefficient (Wildman–Crippen LogP) is 1.14. The highest BCUT2D eigenvalue weighted by Gasteiger charge is 2.15. The summed E-state index contributed by atoms with van der Waals surface area (Å²) in [5.74, 6) is -0.506. The van der Waals surface area contributed by atoms with Crippen molar-refractivity contribution in [2.75, 3.05) is 31.6 Å². The molecule has 8 nitrogen and oxygen atoms in total. The maximum atomic E-state index is 12.2. The Morgan fingerprint density at radius 2 is 1.89 bits per heavy atom. The molecule has 0 aromatic heterocycles. The lowest BCUT2D eigenvalue weighted by Crippen LogP contribution is -3.12. The van der Waals surface area contributed by atoms with E-state index in [-0.39, 0.29) is 16.4 Å². The number of non-ortho nitro benzene ring substituents is 1. The van der Waals surface area contributed by atoms with Crippen molar-refractivity contribution in [1.82, 2.24) is 5.32 Å². The van der Waals surface area contributed by atoms with Crippen molar-refractivity contribution in [3.05, 3.63) is 69.8 Å². The van der Waals surface area contributed by atoms with Gasteiger partial charge in [-0.2, -0.15) is 0 Å². The second kappa shape index (κ2) is 9.36. The number of ether oxygens (including phenoxy) is 1. The number of hydrogen-bond acceptors (Lipinski definition) is 5. The molecule has 0 aliphatic carbocycles. The highest BCUT2D eigenvalue weighted by molar-refractivity contribution is 7.80. The molecule has 9 heteroatoms. The largest absolute Gasteiger partial charge is 0.370 e. The van der Waals surface area contributed by atoms with Crippen LogP contribution >= 0.6 is 12.2 Å². The minimum Gasteiger partial charge on any atom is -0.370 e. The fourth-order valence-electron chi connectivity index (χ4n) is 2.93. The summed E-state index contributed by atoms with van der Waals surface area (Å²) in [6, 6.07) is 13.3. The lowest BCUT2D eigenvalue weighted by Gasteiger charge is -2.23. The molecule has 0 radical (unpaired) electrons. The lowest BCUT2D eigenvalue weighted by atomic mass is 10.2. The van der Waals surface area contributed by atoms with E-state index in [1.165, 1.54) is 34.7 Å². The molecule has 1 heterocycles. The SMILES string of the molecule is O=C(NC(=S)Nc1ccc(C[NH+]2CCOCC2)cc1)c1cccc([N+](=O)[O-])c1. The van der Waals surface area contributed by atoms with Crippen LogP contribution in [0.2, 0.25) is 0 Å². The third kappa shape index (κ3) is 5.56. The predicted molar refractivity (Wildman–Crippen MR) is 108 cm³/mol. The summed E-state index contributed by atoms with van der Waals surface area (Å²) < 4.78 is 5.37. The van der Waals surface area contributed by atoms with Gasteiger partial charge in [0.15, 0.2) is 5.11 Å². The van der Waals surface area contributed by atoms with E-state index in [2.05, 4.69) is 10.6 Å². The molecule has 0 spiro atoms. The number of carbonyl (C=O) groups excluding carboxylic acids is 1. The van der Waals surface area contributed by atoms with Gasteiger partial charge in [0.1, 0.15) is 19.6 Å². The number of morpholine rings is 1. The number of carbonyl (C=O) groups is 1. The van der Waals surface area contributed by atoms with E-state index in [1.807, 2.05) is 24.3 Å². The standard InChI is InChI=1S/C19H20N4O4S/c24-18(15-2-1-3-17(12-15)23(25)26)21-19(28)20-16-6-4-14(5-7-16)13-22-8-10-27-11-9-22/h1-7,12H,8-11,13H2,(H2,20,21,24,28)/p+1. The molecule has 1 aliphatic rings. The monoisotopic (exact) mass is 401 g/mol. The average Bonchev–Trinajstić information content (AvgIpc) is 2.70. The van der Waals surface area contributed by atoms with Crippen molar-refractivity contribution in [1.29, 1.82) is 0 Å². The van der Waals surface area contributed by atoms with Gasteiger partial charge < -0.3 is 15.0 Å². The van der Waals surface area contributed by atoms with Gasteiger partial charge >= 0.3 is 0 Å². The molecule has 0 atom stereocenters. The summed E-state index contributed by atoms with van der Waals surface area (Å²) >= 11 is 5.17. The summed E-state index contributed by atoms with van der Waals surface area (Å²) in [4.78, 5) is 24.0. The topological polar surface area (TPSA) is 97.9 Å². The van der Waals surface area contributed by atoms with Crippen LogP contribution in [0.1, 0.15) is 15.9 Å². The van der Waals surface area contributed by atoms with Crippen LogP contribution in [0.5, 0.6) is 0 Å². The highest BCUT2D eigenvalue weighted by Crippen LogP contribution is 2.13. The second-order valence-corrected chi connectivity index (χ2v) is 6.86. The minimum absolute atomic E-state index is 0.128. The Bertz CT molecular complexity index is 866. The molecule has 146 valence electrons. The number of anilines is 1. The van der Waals surface area contributed by atoms with Gasteiger partial charge in [0.05, 0.1) is 18.1 Å². The van der Waals surface area contributed by atoms with Crippen LogP contribution in [-0.2, 0) is 11.3 Å². The number of quaternary nitrogens is 1. The van der Waals surface area contributed by atoms with E-state index in [9.17, 15) is 14.9 Å². The Kier molecular flexibility index (Phi) is 6.64. The summed E-state index contributed by atoms with van der Waals surface area (Å²) in [5, 5.41) is 16.4. The van der Waals surface area contributed by atoms with Gasteiger partial charge in [-0.25, -0.2) is 0 Å². The summed E-state index contributed by atoms with van der Waals surface area (Å²) in [5.41, 5.74) is 1.99. The minimum atomic E-state index is -0.548. The molecule has 2 aromatic rings. The van der Waals surface area contributed by atoms with Crippen LogP contribution in [0.15, 0.2) is 48.5 Å². The van der Waals surface area contributed by atoms with Crippen molar-refractivity contribution < 1.29 is 19.4 Å². The zero-order valence-corrected chi connectivity index (χ0v) is 16.0. The molecule has 1 saturated heterocycles. The number of nitrogens with zero attached hydrogens (tertiary/aromatic N) is 1. The maximum Gasteiger partial charge on any atom is 0.270 e. The van der Waals surface area contributed by atoms with E-state index in [4.69, 9.17) is 17.0 Å². The summed E-state index contributed by atoms with van der Waals surface area (Å²) in [7, 11) is 0. The van der Waals surface area contributed by atoms with Crippen LogP contribution in [0.4, 0.5) is 11.4 Å². The van der Waals surface area contributed by atoms with E-state index < -0.39 is 10.8 Å². The number of rotatable bonds is 5. The number of nitro benzene ring substituents is 1. The van der Waals surface area contributed by atoms with Gasteiger partial charge in [-0.15, -0.1) is 0 Å². The highest BCUT2D eigenvalue weighted by atomic mass is 32.1. The molecule has 28 heavy (non-hydrogen) atoms. The Morgan fingerprint density at radius 1 is 1.18 bits per heavy atom. The first-order valence-electron chi connectivity index (χ1n) is 8.88. The maximum absolute atomic E-state index is 12.2. The average molecular weight is 401 g/mol. The van der Waals surface area contributed by atoms with E-state index >= 15 is 0 Å². The fraction of sp³-hybridized carbons (Fsp3) is 0.263. The smallest absolute Gasteiger partial charge is 0.270 e. The zero-order chi connectivity index (χ0) is 19.9. The molecular weight excluding hydrogens is 380 g/mol. The molecule has 1 amide bonds. The van der Waals surface area contributed by atoms with Crippen LogP contribution < -0.4 is 15.5 Å². The van der Waals surface area contributed by atoms with Crippen molar-refractivity contribution >= 4 is 34.6 Å². The third-order valence-electron chi connectivity index (χ3n) is 4.41. The quantitative estimate of drug-likeness (QED) is 0.395. The number of nitrogens with one attached hydrogen (secondary N) is 3. The first kappa shape index (κ1) is 19.9. The second-order valence-electron chi connectivity index (χ2n) is 6.45. The van der Waals surface area contributed by atoms with E-state index in [1.54, 1.807) is 0 Å². The molecular formula is C19H21N4O4S+. The Hall–Kier alpha value is -2.88.